The number of benzene rings is 1. The number of piperidine rings is 1. The number of hydrogen-bond donors (Lipinski definition) is 3. The number of likely N-dealkylation sites (tertiary alicyclic amines) is 1. The van der Waals surface area contributed by atoms with Gasteiger partial charge in [-0.1, -0.05) is 30.7 Å². The van der Waals surface area contributed by atoms with Crippen LogP contribution in [0.1, 0.15) is 30.4 Å². The van der Waals surface area contributed by atoms with Crippen molar-refractivity contribution in [1.82, 2.24) is 10.3 Å². The second-order valence-corrected chi connectivity index (χ2v) is 5.36. The van der Waals surface area contributed by atoms with Crippen molar-refractivity contribution in [3.8, 4) is 0 Å². The molecule has 0 spiro atoms. The first-order valence-corrected chi connectivity index (χ1v) is 7.15. The SMILES string of the molecule is NNC(=O)Cc1ccc(CN2CCCCC2CO)cc1. The van der Waals surface area contributed by atoms with E-state index in [0.29, 0.717) is 6.42 Å². The van der Waals surface area contributed by atoms with E-state index in [1.54, 1.807) is 0 Å². The third-order valence-corrected chi connectivity index (χ3v) is 3.89. The highest BCUT2D eigenvalue weighted by Crippen LogP contribution is 2.19. The Labute approximate surface area is 119 Å². The lowest BCUT2D eigenvalue weighted by molar-refractivity contribution is -0.120. The van der Waals surface area contributed by atoms with Crippen molar-refractivity contribution in [3.05, 3.63) is 35.4 Å². The van der Waals surface area contributed by atoms with E-state index >= 15 is 0 Å². The molecule has 4 N–H and O–H groups in total. The topological polar surface area (TPSA) is 78.6 Å². The lowest BCUT2D eigenvalue weighted by Crippen LogP contribution is -2.41. The molecule has 1 aromatic carbocycles. The van der Waals surface area contributed by atoms with Gasteiger partial charge in [0.05, 0.1) is 13.0 Å². The third kappa shape index (κ3) is 4.03. The Hall–Kier alpha value is -1.43. The first kappa shape index (κ1) is 15.0. The molecule has 0 bridgehead atoms. The normalized spacial score (nSPS) is 19.8. The largest absolute Gasteiger partial charge is 0.395 e. The molecule has 1 heterocycles. The van der Waals surface area contributed by atoms with E-state index in [1.165, 1.54) is 18.4 Å². The molecule has 1 unspecified atom stereocenters. The summed E-state index contributed by atoms with van der Waals surface area (Å²) in [6, 6.07) is 8.29. The van der Waals surface area contributed by atoms with Crippen LogP contribution in [0.15, 0.2) is 24.3 Å². The van der Waals surface area contributed by atoms with Gasteiger partial charge in [-0.05, 0) is 30.5 Å². The fraction of sp³-hybridized carbons (Fsp3) is 0.533. The van der Waals surface area contributed by atoms with Gasteiger partial charge in [0.25, 0.3) is 0 Å². The van der Waals surface area contributed by atoms with Gasteiger partial charge in [-0.3, -0.25) is 15.1 Å². The minimum atomic E-state index is -0.186. The molecular weight excluding hydrogens is 254 g/mol. The zero-order chi connectivity index (χ0) is 14.4. The van der Waals surface area contributed by atoms with Gasteiger partial charge >= 0.3 is 0 Å². The van der Waals surface area contributed by atoms with Gasteiger partial charge in [-0.2, -0.15) is 0 Å². The maximum absolute atomic E-state index is 11.2. The van der Waals surface area contributed by atoms with Crippen LogP contribution in [0.4, 0.5) is 0 Å². The fourth-order valence-electron chi connectivity index (χ4n) is 2.71. The Balaban J connectivity index is 1.94. The van der Waals surface area contributed by atoms with E-state index in [1.807, 2.05) is 24.3 Å². The maximum Gasteiger partial charge on any atom is 0.238 e. The molecule has 20 heavy (non-hydrogen) atoms. The number of carbonyl (C=O) groups is 1. The minimum absolute atomic E-state index is 0.186. The standard InChI is InChI=1S/C15H23N3O2/c16-17-15(20)9-12-4-6-13(7-5-12)10-18-8-2-1-3-14(18)11-19/h4-7,14,19H,1-3,8-11,16H2,(H,17,20). The van der Waals surface area contributed by atoms with Crippen LogP contribution in [-0.4, -0.2) is 35.1 Å². The second-order valence-electron chi connectivity index (χ2n) is 5.36. The molecule has 5 nitrogen and oxygen atoms in total. The summed E-state index contributed by atoms with van der Waals surface area (Å²) in [6.07, 6.45) is 3.78. The van der Waals surface area contributed by atoms with Crippen LogP contribution in [0.2, 0.25) is 0 Å². The van der Waals surface area contributed by atoms with Gasteiger partial charge < -0.3 is 5.11 Å². The predicted molar refractivity (Wildman–Crippen MR) is 77.6 cm³/mol. The number of amides is 1. The molecule has 1 aliphatic rings. The summed E-state index contributed by atoms with van der Waals surface area (Å²) < 4.78 is 0. The summed E-state index contributed by atoms with van der Waals surface area (Å²) in [5, 5.41) is 9.41. The molecule has 0 saturated carbocycles. The Morgan fingerprint density at radius 2 is 2.00 bits per heavy atom. The van der Waals surface area contributed by atoms with Crippen molar-refractivity contribution in [2.45, 2.75) is 38.3 Å². The van der Waals surface area contributed by atoms with Crippen molar-refractivity contribution in [2.75, 3.05) is 13.2 Å². The van der Waals surface area contributed by atoms with Crippen LogP contribution in [0.25, 0.3) is 0 Å². The molecule has 0 radical (unpaired) electrons. The number of nitrogens with two attached hydrogens (primary N) is 1. The molecule has 1 aromatic rings. The van der Waals surface area contributed by atoms with Crippen molar-refractivity contribution < 1.29 is 9.90 Å². The van der Waals surface area contributed by atoms with Crippen molar-refractivity contribution in [2.24, 2.45) is 5.84 Å². The average molecular weight is 277 g/mol. The van der Waals surface area contributed by atoms with E-state index in [4.69, 9.17) is 5.84 Å². The Morgan fingerprint density at radius 1 is 1.30 bits per heavy atom. The van der Waals surface area contributed by atoms with Crippen molar-refractivity contribution >= 4 is 5.91 Å². The number of carbonyl (C=O) groups excluding carboxylic acids is 1. The Bertz CT molecular complexity index is 433. The summed E-state index contributed by atoms with van der Waals surface area (Å²) >= 11 is 0. The highest BCUT2D eigenvalue weighted by molar-refractivity contribution is 5.77. The summed E-state index contributed by atoms with van der Waals surface area (Å²) in [5.41, 5.74) is 4.30. The highest BCUT2D eigenvalue weighted by Gasteiger charge is 2.21. The predicted octanol–water partition coefficient (Wildman–Crippen LogP) is 0.566. The maximum atomic E-state index is 11.2. The van der Waals surface area contributed by atoms with E-state index in [0.717, 1.165) is 25.1 Å². The van der Waals surface area contributed by atoms with Crippen molar-refractivity contribution in [3.63, 3.8) is 0 Å². The molecular formula is C15H23N3O2. The number of rotatable bonds is 5. The fourth-order valence-corrected chi connectivity index (χ4v) is 2.71. The van der Waals surface area contributed by atoms with Crippen LogP contribution in [0.5, 0.6) is 0 Å². The Kier molecular flexibility index (Phi) is 5.52. The number of hydrogen-bond acceptors (Lipinski definition) is 4. The smallest absolute Gasteiger partial charge is 0.238 e. The lowest BCUT2D eigenvalue weighted by Gasteiger charge is -2.34. The molecule has 2 rings (SSSR count). The molecule has 5 heteroatoms. The minimum Gasteiger partial charge on any atom is -0.395 e. The first-order chi connectivity index (χ1) is 9.72. The van der Waals surface area contributed by atoms with Gasteiger partial charge in [0.2, 0.25) is 5.91 Å². The third-order valence-electron chi connectivity index (χ3n) is 3.89. The van der Waals surface area contributed by atoms with E-state index in [-0.39, 0.29) is 18.6 Å². The van der Waals surface area contributed by atoms with Crippen LogP contribution in [-0.2, 0) is 17.8 Å². The second kappa shape index (κ2) is 7.38. The monoisotopic (exact) mass is 277 g/mol. The lowest BCUT2D eigenvalue weighted by atomic mass is 10.0. The van der Waals surface area contributed by atoms with Gasteiger partial charge in [0.1, 0.15) is 0 Å². The first-order valence-electron chi connectivity index (χ1n) is 7.15. The number of hydrazine groups is 1. The highest BCUT2D eigenvalue weighted by atomic mass is 16.3. The number of aliphatic hydroxyl groups is 1. The van der Waals surface area contributed by atoms with E-state index in [9.17, 15) is 9.90 Å². The number of aliphatic hydroxyl groups excluding tert-OH is 1. The van der Waals surface area contributed by atoms with Crippen LogP contribution in [0.3, 0.4) is 0 Å². The average Bonchev–Trinajstić information content (AvgIpc) is 2.49. The van der Waals surface area contributed by atoms with Gasteiger partial charge in [0, 0.05) is 12.6 Å². The Morgan fingerprint density at radius 3 is 2.65 bits per heavy atom. The molecule has 0 aliphatic carbocycles. The quantitative estimate of drug-likeness (QED) is 0.417. The van der Waals surface area contributed by atoms with Crippen LogP contribution in [0, 0.1) is 0 Å². The van der Waals surface area contributed by atoms with Crippen LogP contribution < -0.4 is 11.3 Å². The number of nitrogens with zero attached hydrogens (tertiary/aromatic N) is 1. The van der Waals surface area contributed by atoms with Crippen LogP contribution >= 0.6 is 0 Å². The van der Waals surface area contributed by atoms with E-state index < -0.39 is 0 Å². The number of nitrogens with one attached hydrogen (secondary N) is 1. The van der Waals surface area contributed by atoms with E-state index in [2.05, 4.69) is 10.3 Å². The molecule has 1 aliphatic heterocycles. The summed E-state index contributed by atoms with van der Waals surface area (Å²) in [6.45, 7) is 2.13. The zero-order valence-electron chi connectivity index (χ0n) is 11.7. The molecule has 1 saturated heterocycles. The van der Waals surface area contributed by atoms with Gasteiger partial charge in [0.15, 0.2) is 0 Å². The van der Waals surface area contributed by atoms with Crippen molar-refractivity contribution in [1.29, 1.82) is 0 Å². The molecule has 1 atom stereocenters. The zero-order valence-corrected chi connectivity index (χ0v) is 11.7. The summed E-state index contributed by atoms with van der Waals surface area (Å²) in [5.74, 6) is 4.89. The van der Waals surface area contributed by atoms with Gasteiger partial charge in [-0.25, -0.2) is 5.84 Å². The summed E-state index contributed by atoms with van der Waals surface area (Å²) in [4.78, 5) is 13.5. The molecule has 1 fully saturated rings. The van der Waals surface area contributed by atoms with Gasteiger partial charge in [-0.15, -0.1) is 0 Å². The summed E-state index contributed by atoms with van der Waals surface area (Å²) in [7, 11) is 0. The molecule has 0 aromatic heterocycles. The molecule has 110 valence electrons. The molecule has 1 amide bonds.